The predicted octanol–water partition coefficient (Wildman–Crippen LogP) is 1.54. The summed E-state index contributed by atoms with van der Waals surface area (Å²) < 4.78 is 33.0. The van der Waals surface area contributed by atoms with E-state index in [2.05, 4.69) is 20.3 Å². The molecular weight excluding hydrogens is 467 g/mol. The molecule has 0 spiro atoms. The molecule has 1 aromatic carbocycles. The highest BCUT2D eigenvalue weighted by Crippen LogP contribution is 2.16. The summed E-state index contributed by atoms with van der Waals surface area (Å²) in [5, 5.41) is 6.29. The minimum atomic E-state index is -3.51. The number of rotatable bonds is 7. The van der Waals surface area contributed by atoms with Gasteiger partial charge >= 0.3 is 0 Å². The average Bonchev–Trinajstić information content (AvgIpc) is 3.09. The largest absolute Gasteiger partial charge is 0.376 e. The molecule has 0 bridgehead atoms. The standard InChI is InChI=1S/C17H28N4O3S.HI/c1-13-6-7-14(2)16(11-13)25(22,23)21-9-8-19-17(18-3)20-12-15-5-4-10-24-15;/h6-7,11,15,21H,4-5,8-10,12H2,1-3H3,(H2,18,19,20);1H. The number of aliphatic imine (C=N–C) groups is 1. The summed E-state index contributed by atoms with van der Waals surface area (Å²) in [6, 6.07) is 5.41. The molecule has 1 atom stereocenters. The Balaban J connectivity index is 0.00000338. The van der Waals surface area contributed by atoms with Crippen molar-refractivity contribution in [2.45, 2.75) is 37.7 Å². The Labute approximate surface area is 173 Å². The molecule has 7 nitrogen and oxygen atoms in total. The van der Waals surface area contributed by atoms with Crippen LogP contribution in [0, 0.1) is 13.8 Å². The Morgan fingerprint density at radius 2 is 2.04 bits per heavy atom. The summed E-state index contributed by atoms with van der Waals surface area (Å²) >= 11 is 0. The van der Waals surface area contributed by atoms with Gasteiger partial charge in [0.05, 0.1) is 11.0 Å². The molecule has 0 aliphatic carbocycles. The molecule has 1 aliphatic heterocycles. The van der Waals surface area contributed by atoms with E-state index in [0.717, 1.165) is 30.6 Å². The van der Waals surface area contributed by atoms with Gasteiger partial charge in [-0.15, -0.1) is 24.0 Å². The third kappa shape index (κ3) is 7.01. The summed E-state index contributed by atoms with van der Waals surface area (Å²) in [6.07, 6.45) is 2.37. The van der Waals surface area contributed by atoms with Crippen LogP contribution < -0.4 is 15.4 Å². The van der Waals surface area contributed by atoms with Crippen molar-refractivity contribution in [3.63, 3.8) is 0 Å². The maximum atomic E-state index is 12.4. The second kappa shape index (κ2) is 11.1. The van der Waals surface area contributed by atoms with E-state index in [4.69, 9.17) is 4.74 Å². The van der Waals surface area contributed by atoms with Crippen LogP contribution in [-0.2, 0) is 14.8 Å². The lowest BCUT2D eigenvalue weighted by molar-refractivity contribution is 0.114. The molecule has 0 amide bonds. The smallest absolute Gasteiger partial charge is 0.240 e. The lowest BCUT2D eigenvalue weighted by Gasteiger charge is -2.15. The van der Waals surface area contributed by atoms with Crippen LogP contribution in [0.25, 0.3) is 0 Å². The minimum absolute atomic E-state index is 0. The molecule has 1 fully saturated rings. The van der Waals surface area contributed by atoms with Crippen LogP contribution in [-0.4, -0.2) is 53.8 Å². The van der Waals surface area contributed by atoms with E-state index >= 15 is 0 Å². The zero-order valence-electron chi connectivity index (χ0n) is 15.5. The lowest BCUT2D eigenvalue weighted by Crippen LogP contribution is -2.43. The zero-order valence-corrected chi connectivity index (χ0v) is 18.7. The van der Waals surface area contributed by atoms with Crippen molar-refractivity contribution >= 4 is 40.0 Å². The van der Waals surface area contributed by atoms with Gasteiger partial charge in [0, 0.05) is 33.3 Å². The SMILES string of the molecule is CN=C(NCCNS(=O)(=O)c1cc(C)ccc1C)NCC1CCCO1.I. The van der Waals surface area contributed by atoms with Gasteiger partial charge in [-0.05, 0) is 43.9 Å². The summed E-state index contributed by atoms with van der Waals surface area (Å²) in [7, 11) is -1.83. The molecule has 1 heterocycles. The van der Waals surface area contributed by atoms with Crippen LogP contribution in [0.4, 0.5) is 0 Å². The van der Waals surface area contributed by atoms with Gasteiger partial charge in [0.25, 0.3) is 0 Å². The highest BCUT2D eigenvalue weighted by molar-refractivity contribution is 14.0. The first-order valence-corrected chi connectivity index (χ1v) is 10.0. The minimum Gasteiger partial charge on any atom is -0.376 e. The van der Waals surface area contributed by atoms with Gasteiger partial charge < -0.3 is 15.4 Å². The number of ether oxygens (including phenoxy) is 1. The summed E-state index contributed by atoms with van der Waals surface area (Å²) in [4.78, 5) is 4.46. The van der Waals surface area contributed by atoms with Gasteiger partial charge in [0.2, 0.25) is 10.0 Å². The van der Waals surface area contributed by atoms with Crippen molar-refractivity contribution in [1.29, 1.82) is 0 Å². The summed E-state index contributed by atoms with van der Waals surface area (Å²) in [6.45, 7) is 5.91. The van der Waals surface area contributed by atoms with Gasteiger partial charge in [0.1, 0.15) is 0 Å². The normalized spacial score (nSPS) is 17.7. The lowest BCUT2D eigenvalue weighted by atomic mass is 10.2. The maximum Gasteiger partial charge on any atom is 0.240 e. The van der Waals surface area contributed by atoms with E-state index in [1.54, 1.807) is 20.0 Å². The molecule has 26 heavy (non-hydrogen) atoms. The Morgan fingerprint density at radius 1 is 1.27 bits per heavy atom. The van der Waals surface area contributed by atoms with Gasteiger partial charge in [-0.2, -0.15) is 0 Å². The zero-order chi connectivity index (χ0) is 18.3. The number of guanidine groups is 1. The Morgan fingerprint density at radius 3 is 2.69 bits per heavy atom. The predicted molar refractivity (Wildman–Crippen MR) is 115 cm³/mol. The van der Waals surface area contributed by atoms with Gasteiger partial charge in [-0.25, -0.2) is 13.1 Å². The van der Waals surface area contributed by atoms with Crippen molar-refractivity contribution in [2.75, 3.05) is 33.3 Å². The number of hydrogen-bond donors (Lipinski definition) is 3. The molecule has 1 saturated heterocycles. The molecule has 3 N–H and O–H groups in total. The van der Waals surface area contributed by atoms with Crippen LogP contribution in [0.3, 0.4) is 0 Å². The fraction of sp³-hybridized carbons (Fsp3) is 0.588. The Kier molecular flexibility index (Phi) is 9.83. The van der Waals surface area contributed by atoms with E-state index in [-0.39, 0.29) is 36.6 Å². The van der Waals surface area contributed by atoms with Gasteiger partial charge in [-0.1, -0.05) is 12.1 Å². The number of nitrogens with one attached hydrogen (secondary N) is 3. The van der Waals surface area contributed by atoms with E-state index in [0.29, 0.717) is 23.9 Å². The first-order valence-electron chi connectivity index (χ1n) is 8.55. The molecule has 1 unspecified atom stereocenters. The number of hydrogen-bond acceptors (Lipinski definition) is 4. The van der Waals surface area contributed by atoms with Crippen LogP contribution in [0.1, 0.15) is 24.0 Å². The van der Waals surface area contributed by atoms with E-state index in [9.17, 15) is 8.42 Å². The topological polar surface area (TPSA) is 91.8 Å². The maximum absolute atomic E-state index is 12.4. The number of halogens is 1. The number of aryl methyl sites for hydroxylation is 2. The molecule has 1 aromatic rings. The fourth-order valence-electron chi connectivity index (χ4n) is 2.68. The van der Waals surface area contributed by atoms with E-state index in [1.165, 1.54) is 0 Å². The first-order chi connectivity index (χ1) is 11.9. The van der Waals surface area contributed by atoms with Crippen LogP contribution >= 0.6 is 24.0 Å². The number of nitrogens with zero attached hydrogens (tertiary/aromatic N) is 1. The van der Waals surface area contributed by atoms with E-state index < -0.39 is 10.0 Å². The molecule has 9 heteroatoms. The van der Waals surface area contributed by atoms with Crippen LogP contribution in [0.5, 0.6) is 0 Å². The molecule has 1 aliphatic rings. The van der Waals surface area contributed by atoms with Crippen molar-refractivity contribution < 1.29 is 13.2 Å². The molecule has 0 aromatic heterocycles. The van der Waals surface area contributed by atoms with Crippen LogP contribution in [0.2, 0.25) is 0 Å². The van der Waals surface area contributed by atoms with Crippen LogP contribution in [0.15, 0.2) is 28.1 Å². The Bertz CT molecular complexity index is 704. The average molecular weight is 496 g/mol. The highest BCUT2D eigenvalue weighted by atomic mass is 127. The van der Waals surface area contributed by atoms with Gasteiger partial charge in [0.15, 0.2) is 5.96 Å². The second-order valence-corrected chi connectivity index (χ2v) is 7.92. The third-order valence-corrected chi connectivity index (χ3v) is 5.69. The number of benzene rings is 1. The van der Waals surface area contributed by atoms with E-state index in [1.807, 2.05) is 19.1 Å². The molecule has 148 valence electrons. The Hall–Kier alpha value is -0.910. The second-order valence-electron chi connectivity index (χ2n) is 6.18. The summed E-state index contributed by atoms with van der Waals surface area (Å²) in [5.74, 6) is 0.640. The fourth-order valence-corrected chi connectivity index (χ4v) is 4.04. The number of sulfonamides is 1. The first kappa shape index (κ1) is 23.1. The molecule has 0 saturated carbocycles. The monoisotopic (exact) mass is 496 g/mol. The third-order valence-electron chi connectivity index (χ3n) is 4.09. The van der Waals surface area contributed by atoms with Crippen molar-refractivity contribution in [3.8, 4) is 0 Å². The summed E-state index contributed by atoms with van der Waals surface area (Å²) in [5.41, 5.74) is 1.66. The quantitative estimate of drug-likeness (QED) is 0.231. The van der Waals surface area contributed by atoms with Gasteiger partial charge in [-0.3, -0.25) is 4.99 Å². The van der Waals surface area contributed by atoms with Crippen molar-refractivity contribution in [1.82, 2.24) is 15.4 Å². The highest BCUT2D eigenvalue weighted by Gasteiger charge is 2.17. The molecule has 0 radical (unpaired) electrons. The van der Waals surface area contributed by atoms with Crippen molar-refractivity contribution in [3.05, 3.63) is 29.3 Å². The van der Waals surface area contributed by atoms with Crippen molar-refractivity contribution in [2.24, 2.45) is 4.99 Å². The molecule has 2 rings (SSSR count). The molecular formula is C17H29IN4O3S.